The second-order valence-electron chi connectivity index (χ2n) is 4.06. The van der Waals surface area contributed by atoms with Gasteiger partial charge in [-0.25, -0.2) is 0 Å². The van der Waals surface area contributed by atoms with Gasteiger partial charge in [0.2, 0.25) is 0 Å². The summed E-state index contributed by atoms with van der Waals surface area (Å²) in [4.78, 5) is 1.37. The van der Waals surface area contributed by atoms with Gasteiger partial charge in [-0.2, -0.15) is 0 Å². The average molecular weight is 252 g/mol. The Bertz CT molecular complexity index is 285. The molecule has 2 nitrogen and oxygen atoms in total. The maximum Gasteiger partial charge on any atom is 0.0205 e. The van der Waals surface area contributed by atoms with Crippen LogP contribution in [0.15, 0.2) is 29.2 Å². The summed E-state index contributed by atoms with van der Waals surface area (Å²) in [6.45, 7) is 5.39. The normalized spacial score (nSPS) is 10.7. The molecule has 96 valence electrons. The van der Waals surface area contributed by atoms with Crippen molar-refractivity contribution >= 4 is 11.8 Å². The van der Waals surface area contributed by atoms with Crippen molar-refractivity contribution in [1.82, 2.24) is 10.6 Å². The van der Waals surface area contributed by atoms with Crippen LogP contribution in [-0.4, -0.2) is 25.9 Å². The van der Waals surface area contributed by atoms with Crippen molar-refractivity contribution in [1.29, 1.82) is 0 Å². The third-order valence-corrected chi connectivity index (χ3v) is 3.49. The van der Waals surface area contributed by atoms with Crippen LogP contribution in [-0.2, 0) is 6.54 Å². The molecule has 0 heterocycles. The molecule has 0 aliphatic rings. The Labute approximate surface area is 110 Å². The summed E-state index contributed by atoms with van der Waals surface area (Å²) < 4.78 is 0. The Hall–Kier alpha value is -0.510. The molecule has 0 aromatic heterocycles. The van der Waals surface area contributed by atoms with Crippen LogP contribution in [0.25, 0.3) is 0 Å². The number of hydrogen-bond acceptors (Lipinski definition) is 3. The lowest BCUT2D eigenvalue weighted by Gasteiger charge is -2.06. The molecule has 3 heteroatoms. The largest absolute Gasteiger partial charge is 0.320 e. The van der Waals surface area contributed by atoms with E-state index < -0.39 is 0 Å². The standard InChI is InChI=1S/C14H24N2S/c1-3-17-14-8-6-13(7-9-14)12-16-11-5-4-10-15-2/h6-9,15-16H,3-5,10-12H2,1-2H3. The molecule has 0 fully saturated rings. The first-order valence-electron chi connectivity index (χ1n) is 6.44. The van der Waals surface area contributed by atoms with Gasteiger partial charge in [0.15, 0.2) is 0 Å². The molecule has 0 aliphatic carbocycles. The molecule has 0 unspecified atom stereocenters. The predicted molar refractivity (Wildman–Crippen MR) is 77.7 cm³/mol. The lowest BCUT2D eigenvalue weighted by molar-refractivity contribution is 0.605. The summed E-state index contributed by atoms with van der Waals surface area (Å²) >= 11 is 1.89. The first-order valence-corrected chi connectivity index (χ1v) is 7.42. The van der Waals surface area contributed by atoms with E-state index in [0.29, 0.717) is 0 Å². The summed E-state index contributed by atoms with van der Waals surface area (Å²) in [5.41, 5.74) is 1.37. The zero-order valence-electron chi connectivity index (χ0n) is 11.0. The van der Waals surface area contributed by atoms with Crippen molar-refractivity contribution in [2.45, 2.75) is 31.2 Å². The molecule has 1 aromatic carbocycles. The van der Waals surface area contributed by atoms with E-state index in [2.05, 4.69) is 41.8 Å². The monoisotopic (exact) mass is 252 g/mol. The van der Waals surface area contributed by atoms with Crippen LogP contribution in [0.3, 0.4) is 0 Å². The topological polar surface area (TPSA) is 24.1 Å². The average Bonchev–Trinajstić information content (AvgIpc) is 2.36. The Kier molecular flexibility index (Phi) is 8.14. The number of benzene rings is 1. The molecular weight excluding hydrogens is 228 g/mol. The van der Waals surface area contributed by atoms with Crippen LogP contribution in [0, 0.1) is 0 Å². The minimum Gasteiger partial charge on any atom is -0.320 e. The van der Waals surface area contributed by atoms with E-state index in [-0.39, 0.29) is 0 Å². The first kappa shape index (κ1) is 14.6. The van der Waals surface area contributed by atoms with E-state index >= 15 is 0 Å². The van der Waals surface area contributed by atoms with E-state index in [9.17, 15) is 0 Å². The van der Waals surface area contributed by atoms with E-state index in [1.165, 1.54) is 23.3 Å². The highest BCUT2D eigenvalue weighted by Gasteiger charge is 1.94. The second kappa shape index (κ2) is 9.51. The Morgan fingerprint density at radius 1 is 1.06 bits per heavy atom. The second-order valence-corrected chi connectivity index (χ2v) is 5.40. The van der Waals surface area contributed by atoms with Crippen LogP contribution in [0.4, 0.5) is 0 Å². The van der Waals surface area contributed by atoms with Crippen LogP contribution in [0.2, 0.25) is 0 Å². The molecule has 0 atom stereocenters. The fourth-order valence-corrected chi connectivity index (χ4v) is 2.32. The van der Waals surface area contributed by atoms with Gasteiger partial charge in [-0.05, 0) is 56.4 Å². The highest BCUT2D eigenvalue weighted by Crippen LogP contribution is 2.17. The Balaban J connectivity index is 2.14. The van der Waals surface area contributed by atoms with E-state index in [1.54, 1.807) is 0 Å². The molecule has 0 spiro atoms. The van der Waals surface area contributed by atoms with Crippen LogP contribution < -0.4 is 10.6 Å². The molecule has 0 saturated heterocycles. The van der Waals surface area contributed by atoms with Crippen molar-refractivity contribution in [3.8, 4) is 0 Å². The number of thioether (sulfide) groups is 1. The molecule has 1 rings (SSSR count). The Morgan fingerprint density at radius 2 is 1.76 bits per heavy atom. The molecule has 0 bridgehead atoms. The first-order chi connectivity index (χ1) is 8.36. The van der Waals surface area contributed by atoms with Crippen molar-refractivity contribution in [2.75, 3.05) is 25.9 Å². The minimum atomic E-state index is 0.983. The molecule has 0 amide bonds. The summed E-state index contributed by atoms with van der Waals surface area (Å²) in [7, 11) is 2.00. The van der Waals surface area contributed by atoms with Gasteiger partial charge in [0, 0.05) is 11.4 Å². The quantitative estimate of drug-likeness (QED) is 0.522. The number of rotatable bonds is 9. The van der Waals surface area contributed by atoms with Crippen LogP contribution >= 0.6 is 11.8 Å². The van der Waals surface area contributed by atoms with E-state index in [4.69, 9.17) is 0 Å². The van der Waals surface area contributed by atoms with E-state index in [0.717, 1.165) is 25.4 Å². The third-order valence-electron chi connectivity index (χ3n) is 2.59. The predicted octanol–water partition coefficient (Wildman–Crippen LogP) is 2.89. The zero-order valence-corrected chi connectivity index (χ0v) is 11.8. The minimum absolute atomic E-state index is 0.983. The molecule has 0 radical (unpaired) electrons. The Morgan fingerprint density at radius 3 is 2.41 bits per heavy atom. The van der Waals surface area contributed by atoms with E-state index in [1.807, 2.05) is 18.8 Å². The maximum absolute atomic E-state index is 3.48. The van der Waals surface area contributed by atoms with Crippen molar-refractivity contribution in [3.05, 3.63) is 29.8 Å². The fraction of sp³-hybridized carbons (Fsp3) is 0.571. The molecule has 0 aliphatic heterocycles. The zero-order chi connectivity index (χ0) is 12.3. The van der Waals surface area contributed by atoms with Gasteiger partial charge in [0.05, 0.1) is 0 Å². The summed E-state index contributed by atoms with van der Waals surface area (Å²) in [6, 6.07) is 8.87. The van der Waals surface area contributed by atoms with Crippen molar-refractivity contribution in [3.63, 3.8) is 0 Å². The molecular formula is C14H24N2S. The molecule has 0 saturated carbocycles. The number of unbranched alkanes of at least 4 members (excludes halogenated alkanes) is 1. The highest BCUT2D eigenvalue weighted by molar-refractivity contribution is 7.99. The molecule has 17 heavy (non-hydrogen) atoms. The smallest absolute Gasteiger partial charge is 0.0205 e. The van der Waals surface area contributed by atoms with Gasteiger partial charge in [0.25, 0.3) is 0 Å². The summed E-state index contributed by atoms with van der Waals surface area (Å²) in [5.74, 6) is 1.14. The molecule has 1 aromatic rings. The fourth-order valence-electron chi connectivity index (χ4n) is 1.65. The summed E-state index contributed by atoms with van der Waals surface area (Å²) in [5, 5.41) is 6.64. The molecule has 2 N–H and O–H groups in total. The number of nitrogens with one attached hydrogen (secondary N) is 2. The van der Waals surface area contributed by atoms with Crippen molar-refractivity contribution < 1.29 is 0 Å². The van der Waals surface area contributed by atoms with Gasteiger partial charge < -0.3 is 10.6 Å². The lowest BCUT2D eigenvalue weighted by Crippen LogP contribution is -2.16. The van der Waals surface area contributed by atoms with Gasteiger partial charge in [-0.15, -0.1) is 11.8 Å². The van der Waals surface area contributed by atoms with Crippen LogP contribution in [0.1, 0.15) is 25.3 Å². The van der Waals surface area contributed by atoms with Crippen molar-refractivity contribution in [2.24, 2.45) is 0 Å². The third kappa shape index (κ3) is 6.71. The maximum atomic E-state index is 3.48. The SMILES string of the molecule is CCSc1ccc(CNCCCCNC)cc1. The lowest BCUT2D eigenvalue weighted by atomic mass is 10.2. The van der Waals surface area contributed by atoms with Gasteiger partial charge in [-0.1, -0.05) is 19.1 Å². The summed E-state index contributed by atoms with van der Waals surface area (Å²) in [6.07, 6.45) is 2.49. The van der Waals surface area contributed by atoms with Crippen LogP contribution in [0.5, 0.6) is 0 Å². The van der Waals surface area contributed by atoms with Gasteiger partial charge in [-0.3, -0.25) is 0 Å². The van der Waals surface area contributed by atoms with Gasteiger partial charge in [0.1, 0.15) is 0 Å². The van der Waals surface area contributed by atoms with Gasteiger partial charge >= 0.3 is 0 Å². The highest BCUT2D eigenvalue weighted by atomic mass is 32.2. The number of hydrogen-bond donors (Lipinski definition) is 2.